The zero-order valence-corrected chi connectivity index (χ0v) is 9.95. The van der Waals surface area contributed by atoms with Gasteiger partial charge >= 0.3 is 5.97 Å². The van der Waals surface area contributed by atoms with E-state index in [-0.39, 0.29) is 5.69 Å². The molecule has 0 atom stereocenters. The fourth-order valence-electron chi connectivity index (χ4n) is 0.914. The van der Waals surface area contributed by atoms with E-state index in [1.807, 2.05) is 12.1 Å². The second kappa shape index (κ2) is 3.80. The summed E-state index contributed by atoms with van der Waals surface area (Å²) in [4.78, 5) is 15.6. The predicted molar refractivity (Wildman–Crippen MR) is 60.1 cm³/mol. The minimum Gasteiger partial charge on any atom is -0.476 e. The SMILES string of the molecule is O=C(O)c1csc(-c2ccc(Br)s2)n1. The van der Waals surface area contributed by atoms with Gasteiger partial charge in [-0.25, -0.2) is 9.78 Å². The molecule has 2 rings (SSSR count). The molecule has 0 aliphatic rings. The summed E-state index contributed by atoms with van der Waals surface area (Å²) in [5, 5.41) is 11.0. The number of hydrogen-bond donors (Lipinski definition) is 1. The summed E-state index contributed by atoms with van der Waals surface area (Å²) in [6.07, 6.45) is 0. The van der Waals surface area contributed by atoms with E-state index < -0.39 is 5.97 Å². The Morgan fingerprint density at radius 3 is 2.79 bits per heavy atom. The van der Waals surface area contributed by atoms with Crippen LogP contribution in [0.15, 0.2) is 21.3 Å². The first-order valence-electron chi connectivity index (χ1n) is 3.61. The van der Waals surface area contributed by atoms with Gasteiger partial charge in [0.1, 0.15) is 5.01 Å². The monoisotopic (exact) mass is 289 g/mol. The number of carboxylic acids is 1. The van der Waals surface area contributed by atoms with Crippen molar-refractivity contribution >= 4 is 44.6 Å². The molecule has 0 aliphatic heterocycles. The van der Waals surface area contributed by atoms with Crippen molar-refractivity contribution in [3.63, 3.8) is 0 Å². The zero-order chi connectivity index (χ0) is 10.1. The summed E-state index contributed by atoms with van der Waals surface area (Å²) in [5.41, 5.74) is 0.106. The van der Waals surface area contributed by atoms with Crippen LogP contribution in [0.5, 0.6) is 0 Å². The minimum absolute atomic E-state index is 0.106. The van der Waals surface area contributed by atoms with Gasteiger partial charge < -0.3 is 5.11 Å². The van der Waals surface area contributed by atoms with E-state index in [0.29, 0.717) is 0 Å². The van der Waals surface area contributed by atoms with Crippen LogP contribution >= 0.6 is 38.6 Å². The van der Waals surface area contributed by atoms with Gasteiger partial charge in [0.2, 0.25) is 0 Å². The first kappa shape index (κ1) is 9.82. The highest BCUT2D eigenvalue weighted by atomic mass is 79.9. The van der Waals surface area contributed by atoms with Gasteiger partial charge in [0.25, 0.3) is 0 Å². The van der Waals surface area contributed by atoms with E-state index in [0.717, 1.165) is 13.7 Å². The number of nitrogens with zero attached hydrogens (tertiary/aromatic N) is 1. The number of carbonyl (C=O) groups is 1. The fourth-order valence-corrected chi connectivity index (χ4v) is 3.17. The van der Waals surface area contributed by atoms with Crippen molar-refractivity contribution in [2.75, 3.05) is 0 Å². The maximum atomic E-state index is 10.6. The van der Waals surface area contributed by atoms with Crippen LogP contribution < -0.4 is 0 Å². The highest BCUT2D eigenvalue weighted by Crippen LogP contribution is 2.32. The Morgan fingerprint density at radius 2 is 2.29 bits per heavy atom. The lowest BCUT2D eigenvalue weighted by atomic mass is 10.5. The number of rotatable bonds is 2. The molecule has 0 aliphatic carbocycles. The van der Waals surface area contributed by atoms with Crippen molar-refractivity contribution < 1.29 is 9.90 Å². The molecule has 3 nitrogen and oxygen atoms in total. The van der Waals surface area contributed by atoms with E-state index in [2.05, 4.69) is 20.9 Å². The van der Waals surface area contributed by atoms with Gasteiger partial charge in [-0.05, 0) is 28.1 Å². The van der Waals surface area contributed by atoms with Crippen LogP contribution in [0.3, 0.4) is 0 Å². The Kier molecular flexibility index (Phi) is 2.66. The van der Waals surface area contributed by atoms with E-state index in [1.165, 1.54) is 22.7 Å². The Labute approximate surface area is 96.2 Å². The van der Waals surface area contributed by atoms with Gasteiger partial charge in [-0.15, -0.1) is 22.7 Å². The van der Waals surface area contributed by atoms with Crippen molar-refractivity contribution in [2.45, 2.75) is 0 Å². The molecule has 0 saturated carbocycles. The number of hydrogen-bond acceptors (Lipinski definition) is 4. The lowest BCUT2D eigenvalue weighted by molar-refractivity contribution is 0.0691. The van der Waals surface area contributed by atoms with Crippen molar-refractivity contribution in [3.05, 3.63) is 27.0 Å². The van der Waals surface area contributed by atoms with Gasteiger partial charge in [0, 0.05) is 5.38 Å². The third-order valence-corrected chi connectivity index (χ3v) is 4.14. The molecular formula is C8H4BrNO2S2. The zero-order valence-electron chi connectivity index (χ0n) is 6.73. The van der Waals surface area contributed by atoms with E-state index in [9.17, 15) is 4.79 Å². The van der Waals surface area contributed by atoms with Crippen molar-refractivity contribution in [1.29, 1.82) is 0 Å². The molecule has 6 heteroatoms. The number of halogens is 1. The van der Waals surface area contributed by atoms with Crippen molar-refractivity contribution in [2.24, 2.45) is 0 Å². The number of carboxylic acid groups (broad SMARTS) is 1. The average Bonchev–Trinajstić information content (AvgIpc) is 2.70. The lowest BCUT2D eigenvalue weighted by Gasteiger charge is -1.86. The third-order valence-electron chi connectivity index (χ3n) is 1.51. The summed E-state index contributed by atoms with van der Waals surface area (Å²) < 4.78 is 1.01. The van der Waals surface area contributed by atoms with Crippen molar-refractivity contribution in [3.8, 4) is 9.88 Å². The van der Waals surface area contributed by atoms with Gasteiger partial charge in [0.05, 0.1) is 8.66 Å². The van der Waals surface area contributed by atoms with Gasteiger partial charge in [0.15, 0.2) is 5.69 Å². The highest BCUT2D eigenvalue weighted by molar-refractivity contribution is 9.11. The molecule has 0 radical (unpaired) electrons. The molecule has 0 spiro atoms. The normalized spacial score (nSPS) is 10.4. The van der Waals surface area contributed by atoms with Gasteiger partial charge in [-0.2, -0.15) is 0 Å². The molecule has 0 fully saturated rings. The van der Waals surface area contributed by atoms with Gasteiger partial charge in [-0.1, -0.05) is 0 Å². The highest BCUT2D eigenvalue weighted by Gasteiger charge is 2.11. The Balaban J connectivity index is 2.38. The van der Waals surface area contributed by atoms with E-state index in [4.69, 9.17) is 5.11 Å². The van der Waals surface area contributed by atoms with Crippen LogP contribution in [0.25, 0.3) is 9.88 Å². The first-order valence-corrected chi connectivity index (χ1v) is 6.10. The summed E-state index contributed by atoms with van der Waals surface area (Å²) in [6.45, 7) is 0. The minimum atomic E-state index is -0.983. The fraction of sp³-hybridized carbons (Fsp3) is 0. The lowest BCUT2D eigenvalue weighted by Crippen LogP contribution is -1.95. The van der Waals surface area contributed by atoms with E-state index in [1.54, 1.807) is 5.38 Å². The molecule has 2 aromatic heterocycles. The Morgan fingerprint density at radius 1 is 1.50 bits per heavy atom. The second-order valence-electron chi connectivity index (χ2n) is 2.45. The molecule has 2 heterocycles. The third kappa shape index (κ3) is 1.87. The maximum absolute atomic E-state index is 10.6. The van der Waals surface area contributed by atoms with Crippen LogP contribution in [0.2, 0.25) is 0 Å². The van der Waals surface area contributed by atoms with Gasteiger partial charge in [-0.3, -0.25) is 0 Å². The number of aromatic nitrogens is 1. The molecule has 0 amide bonds. The molecule has 0 bridgehead atoms. The van der Waals surface area contributed by atoms with Crippen LogP contribution in [0.1, 0.15) is 10.5 Å². The predicted octanol–water partition coefficient (Wildman–Crippen LogP) is 3.33. The molecule has 2 aromatic rings. The Bertz CT molecular complexity index is 477. The largest absolute Gasteiger partial charge is 0.476 e. The molecule has 1 N–H and O–H groups in total. The van der Waals surface area contributed by atoms with Crippen molar-refractivity contribution in [1.82, 2.24) is 4.98 Å². The maximum Gasteiger partial charge on any atom is 0.355 e. The summed E-state index contributed by atoms with van der Waals surface area (Å²) >= 11 is 6.22. The standard InChI is InChI=1S/C8H4BrNO2S2/c9-6-2-1-5(14-6)7-10-4(3-13-7)8(11)12/h1-3H,(H,11,12). The van der Waals surface area contributed by atoms with Crippen LogP contribution in [0.4, 0.5) is 0 Å². The quantitative estimate of drug-likeness (QED) is 0.923. The number of aromatic carboxylic acids is 1. The molecule has 14 heavy (non-hydrogen) atoms. The van der Waals surface area contributed by atoms with Crippen LogP contribution in [-0.4, -0.2) is 16.1 Å². The van der Waals surface area contributed by atoms with Crippen LogP contribution in [-0.2, 0) is 0 Å². The average molecular weight is 290 g/mol. The molecule has 0 aromatic carbocycles. The smallest absolute Gasteiger partial charge is 0.355 e. The second-order valence-corrected chi connectivity index (χ2v) is 5.77. The Hall–Kier alpha value is -0.720. The topological polar surface area (TPSA) is 50.2 Å². The van der Waals surface area contributed by atoms with E-state index >= 15 is 0 Å². The summed E-state index contributed by atoms with van der Waals surface area (Å²) in [7, 11) is 0. The summed E-state index contributed by atoms with van der Waals surface area (Å²) in [6, 6.07) is 3.83. The number of thiophene rings is 1. The molecule has 0 saturated heterocycles. The van der Waals surface area contributed by atoms with Crippen LogP contribution in [0, 0.1) is 0 Å². The molecular weight excluding hydrogens is 286 g/mol. The molecule has 0 unspecified atom stereocenters. The molecule has 72 valence electrons. The number of thiazole rings is 1. The first-order chi connectivity index (χ1) is 6.66. The summed E-state index contributed by atoms with van der Waals surface area (Å²) in [5.74, 6) is -0.983.